The minimum absolute atomic E-state index is 0. The molecule has 0 aromatic carbocycles. The van der Waals surface area contributed by atoms with Crippen molar-refractivity contribution in [2.75, 3.05) is 7.11 Å². The van der Waals surface area contributed by atoms with Gasteiger partial charge in [-0.15, -0.1) is 0 Å². The predicted octanol–water partition coefficient (Wildman–Crippen LogP) is 5.17. The molecule has 4 rings (SSSR count). The molecule has 0 unspecified atom stereocenters. The Morgan fingerprint density at radius 1 is 0.941 bits per heavy atom. The number of Topliss-reactive ketones (excluding diaryl/α,β-unsaturated/α-hetero) is 2. The van der Waals surface area contributed by atoms with Crippen LogP contribution in [0.3, 0.4) is 0 Å². The summed E-state index contributed by atoms with van der Waals surface area (Å²) in [5.74, 6) is 0.0233. The number of carbonyl (C=O) groups is 3. The van der Waals surface area contributed by atoms with E-state index in [1.54, 1.807) is 36.7 Å². The first kappa shape index (κ1) is 25.8. The van der Waals surface area contributed by atoms with Gasteiger partial charge in [-0.05, 0) is 49.9 Å². The Morgan fingerprint density at radius 2 is 1.41 bits per heavy atom. The molecule has 0 saturated heterocycles. The van der Waals surface area contributed by atoms with Gasteiger partial charge in [0.05, 0.1) is 34.6 Å². The Hall–Kier alpha value is -2.82. The Kier molecular flexibility index (Phi) is 8.40. The molecule has 2 aromatic rings. The van der Waals surface area contributed by atoms with Crippen LogP contribution >= 0.6 is 23.2 Å². The highest BCUT2D eigenvalue weighted by atomic mass is 35.5. The average molecular weight is 505 g/mol. The number of rotatable bonds is 3. The standard InChI is InChI=1S/C13H14ClNO3.C12H11ClN2O.H2/c1-18-12(17)13(6-4-9(16)5-7-13)11-10(14)3-2-8-15-11;13-10-2-1-7-15-11(10)12(8-14)5-3-9(16)4-6-12;/h2-3,8H,4-7H2,1H3;1-2,7H,3-6H2;1H/i;;1+1. The molecule has 2 aliphatic carbocycles. The summed E-state index contributed by atoms with van der Waals surface area (Å²) in [7, 11) is 1.34. The number of nitriles is 1. The molecule has 0 atom stereocenters. The summed E-state index contributed by atoms with van der Waals surface area (Å²) in [5, 5.41) is 10.3. The lowest BCUT2D eigenvalue weighted by atomic mass is 9.71. The van der Waals surface area contributed by atoms with Gasteiger partial charge in [0.15, 0.2) is 0 Å². The highest BCUT2D eigenvalue weighted by Crippen LogP contribution is 2.41. The Bertz CT molecular complexity index is 1120. The summed E-state index contributed by atoms with van der Waals surface area (Å²) in [6, 6.07) is 9.18. The number of ether oxygens (including phenoxy) is 1. The second kappa shape index (κ2) is 11.1. The zero-order valence-corrected chi connectivity index (χ0v) is 20.4. The summed E-state index contributed by atoms with van der Waals surface area (Å²) >= 11 is 12.2. The van der Waals surface area contributed by atoms with Crippen LogP contribution in [-0.4, -0.2) is 34.6 Å². The molecule has 0 N–H and O–H groups in total. The van der Waals surface area contributed by atoms with E-state index in [9.17, 15) is 19.6 Å². The fourth-order valence-electron chi connectivity index (χ4n) is 4.52. The summed E-state index contributed by atoms with van der Waals surface area (Å²) in [5.41, 5.74) is -0.412. The van der Waals surface area contributed by atoms with Gasteiger partial charge in [0.1, 0.15) is 22.4 Å². The largest absolute Gasteiger partial charge is 0.468 e. The Labute approximate surface area is 209 Å². The van der Waals surface area contributed by atoms with Crippen molar-refractivity contribution >= 4 is 40.7 Å². The highest BCUT2D eigenvalue weighted by Gasteiger charge is 2.46. The first-order valence-electron chi connectivity index (χ1n) is 11.0. The van der Waals surface area contributed by atoms with Crippen molar-refractivity contribution in [3.63, 3.8) is 0 Å². The number of esters is 1. The smallest absolute Gasteiger partial charge is 0.317 e. The Morgan fingerprint density at radius 3 is 1.85 bits per heavy atom. The topological polar surface area (TPSA) is 110 Å². The average Bonchev–Trinajstić information content (AvgIpc) is 2.86. The molecule has 2 aromatic heterocycles. The minimum atomic E-state index is -0.874. The molecule has 0 amide bonds. The van der Waals surface area contributed by atoms with Crippen LogP contribution in [0.4, 0.5) is 0 Å². The predicted molar refractivity (Wildman–Crippen MR) is 129 cm³/mol. The first-order valence-corrected chi connectivity index (χ1v) is 11.8. The van der Waals surface area contributed by atoms with E-state index in [-0.39, 0.29) is 19.0 Å². The van der Waals surface area contributed by atoms with Crippen LogP contribution in [0.25, 0.3) is 0 Å². The monoisotopic (exact) mass is 504 g/mol. The van der Waals surface area contributed by atoms with E-state index >= 15 is 0 Å². The number of hydrogen-bond donors (Lipinski definition) is 0. The number of aromatic nitrogens is 2. The van der Waals surface area contributed by atoms with Gasteiger partial charge in [-0.3, -0.25) is 24.4 Å². The zero-order valence-electron chi connectivity index (χ0n) is 18.9. The van der Waals surface area contributed by atoms with Gasteiger partial charge in [0, 0.05) is 39.5 Å². The number of methoxy groups -OCH3 is 1. The molecule has 0 bridgehead atoms. The quantitative estimate of drug-likeness (QED) is 0.529. The molecule has 2 saturated carbocycles. The lowest BCUT2D eigenvalue weighted by Crippen LogP contribution is -2.41. The maximum Gasteiger partial charge on any atom is 0.317 e. The van der Waals surface area contributed by atoms with Gasteiger partial charge in [-0.25, -0.2) is 0 Å². The van der Waals surface area contributed by atoms with Gasteiger partial charge >= 0.3 is 5.97 Å². The lowest BCUT2D eigenvalue weighted by Gasteiger charge is -2.33. The van der Waals surface area contributed by atoms with E-state index in [0.29, 0.717) is 72.8 Å². The fraction of sp³-hybridized carbons (Fsp3) is 0.440. The van der Waals surface area contributed by atoms with Gasteiger partial charge in [0.2, 0.25) is 0 Å². The first-order chi connectivity index (χ1) is 16.3. The van der Waals surface area contributed by atoms with Crippen LogP contribution in [0.15, 0.2) is 36.7 Å². The minimum Gasteiger partial charge on any atom is -0.468 e. The summed E-state index contributed by atoms with van der Waals surface area (Å²) in [6.07, 6.45) is 6.73. The molecule has 0 spiro atoms. The summed E-state index contributed by atoms with van der Waals surface area (Å²) in [6.45, 7) is 0. The van der Waals surface area contributed by atoms with E-state index in [1.165, 1.54) is 7.11 Å². The van der Waals surface area contributed by atoms with Crippen molar-refractivity contribution in [1.29, 1.82) is 5.26 Å². The third kappa shape index (κ3) is 5.29. The highest BCUT2D eigenvalue weighted by molar-refractivity contribution is 6.31. The van der Waals surface area contributed by atoms with Gasteiger partial charge in [-0.2, -0.15) is 5.26 Å². The molecule has 2 heterocycles. The van der Waals surface area contributed by atoms with Crippen molar-refractivity contribution in [1.82, 2.24) is 9.97 Å². The number of halogens is 2. The van der Waals surface area contributed by atoms with Crippen LogP contribution in [-0.2, 0) is 30.0 Å². The molecular formula is C25H27Cl2N3O4. The lowest BCUT2D eigenvalue weighted by molar-refractivity contribution is -0.149. The second-order valence-corrected chi connectivity index (χ2v) is 9.33. The molecule has 0 aliphatic heterocycles. The molecular weight excluding hydrogens is 477 g/mol. The van der Waals surface area contributed by atoms with Crippen LogP contribution in [0.5, 0.6) is 0 Å². The van der Waals surface area contributed by atoms with Crippen LogP contribution in [0, 0.1) is 11.3 Å². The second-order valence-electron chi connectivity index (χ2n) is 8.51. The number of pyridine rings is 2. The van der Waals surface area contributed by atoms with Gasteiger partial charge < -0.3 is 4.74 Å². The normalized spacial score (nSPS) is 18.8. The van der Waals surface area contributed by atoms with Gasteiger partial charge in [0.25, 0.3) is 0 Å². The van der Waals surface area contributed by atoms with Gasteiger partial charge in [-0.1, -0.05) is 23.2 Å². The number of hydrogen-bond acceptors (Lipinski definition) is 7. The number of nitrogens with zero attached hydrogens (tertiary/aromatic N) is 3. The van der Waals surface area contributed by atoms with E-state index in [0.717, 1.165) is 0 Å². The van der Waals surface area contributed by atoms with Crippen molar-refractivity contribution in [3.05, 3.63) is 58.1 Å². The van der Waals surface area contributed by atoms with Crippen molar-refractivity contribution in [2.45, 2.75) is 62.2 Å². The summed E-state index contributed by atoms with van der Waals surface area (Å²) < 4.78 is 4.89. The van der Waals surface area contributed by atoms with Crippen LogP contribution < -0.4 is 0 Å². The van der Waals surface area contributed by atoms with Crippen molar-refractivity contribution in [3.8, 4) is 6.07 Å². The van der Waals surface area contributed by atoms with Crippen molar-refractivity contribution in [2.24, 2.45) is 0 Å². The van der Waals surface area contributed by atoms with E-state index in [1.807, 2.05) is 0 Å². The maximum atomic E-state index is 12.1. The number of carbonyl (C=O) groups excluding carboxylic acids is 3. The molecule has 2 aliphatic rings. The molecule has 9 heteroatoms. The van der Waals surface area contributed by atoms with E-state index < -0.39 is 10.8 Å². The van der Waals surface area contributed by atoms with Crippen molar-refractivity contribution < 1.29 is 20.5 Å². The SMILES string of the molecule is COC(=O)C1(c2ncccc2Cl)CCC(=O)CC1.N#CC1(c2ncccc2Cl)CCC(=O)CC1.[2HH]. The van der Waals surface area contributed by atoms with E-state index in [4.69, 9.17) is 27.9 Å². The maximum absolute atomic E-state index is 12.1. The fourth-order valence-corrected chi connectivity index (χ4v) is 5.13. The molecule has 0 radical (unpaired) electrons. The van der Waals surface area contributed by atoms with Crippen LogP contribution in [0.1, 0.15) is 64.2 Å². The third-order valence-electron chi connectivity index (χ3n) is 6.54. The zero-order chi connectivity index (χ0) is 24.8. The number of ketones is 2. The molecule has 2 fully saturated rings. The van der Waals surface area contributed by atoms with Crippen LogP contribution in [0.2, 0.25) is 10.0 Å². The Balaban J connectivity index is 0.000000241. The van der Waals surface area contributed by atoms with E-state index in [2.05, 4.69) is 16.0 Å². The summed E-state index contributed by atoms with van der Waals surface area (Å²) in [4.78, 5) is 43.1. The third-order valence-corrected chi connectivity index (χ3v) is 7.15. The molecule has 7 nitrogen and oxygen atoms in total. The molecule has 180 valence electrons. The molecule has 34 heavy (non-hydrogen) atoms.